The number of carbonyl (C=O) groups excluding carboxylic acids is 3. The van der Waals surface area contributed by atoms with E-state index in [1.165, 1.54) is 0 Å². The number of rotatable bonds is 21. The average molecular weight is 814 g/mol. The van der Waals surface area contributed by atoms with Crippen LogP contribution in [0.1, 0.15) is 63.1 Å². The molecule has 0 aliphatic rings. The van der Waals surface area contributed by atoms with Crippen LogP contribution >= 0.6 is 0 Å². The van der Waals surface area contributed by atoms with Gasteiger partial charge in [0.05, 0.1) is 56.3 Å². The van der Waals surface area contributed by atoms with E-state index in [1.807, 2.05) is 0 Å². The van der Waals surface area contributed by atoms with Crippen molar-refractivity contribution in [2.24, 2.45) is 0 Å². The van der Waals surface area contributed by atoms with Crippen molar-refractivity contribution in [3.05, 3.63) is 77.4 Å². The zero-order valence-corrected chi connectivity index (χ0v) is 34.3. The van der Waals surface area contributed by atoms with Gasteiger partial charge in [-0.15, -0.1) is 0 Å². The maximum absolute atomic E-state index is 11.7. The van der Waals surface area contributed by atoms with Gasteiger partial charge >= 0.3 is 17.9 Å². The molecular formula is C44H51N3O12. The molecule has 0 amide bonds. The van der Waals surface area contributed by atoms with Crippen molar-refractivity contribution in [1.29, 1.82) is 0 Å². The Morgan fingerprint density at radius 3 is 1.12 bits per heavy atom. The van der Waals surface area contributed by atoms with Gasteiger partial charge < -0.3 is 43.7 Å². The molecule has 0 fully saturated rings. The molecule has 0 radical (unpaired) electrons. The molecule has 0 bridgehead atoms. The molecule has 0 aliphatic carbocycles. The van der Waals surface area contributed by atoms with Gasteiger partial charge in [0.15, 0.2) is 17.5 Å². The van der Waals surface area contributed by atoms with Crippen LogP contribution in [0.2, 0.25) is 0 Å². The third-order valence-corrected chi connectivity index (χ3v) is 8.86. The van der Waals surface area contributed by atoms with Crippen molar-refractivity contribution in [2.75, 3.05) is 39.6 Å². The highest BCUT2D eigenvalue weighted by molar-refractivity contribution is 5.87. The molecule has 3 N–H and O–H groups in total. The monoisotopic (exact) mass is 813 g/mol. The van der Waals surface area contributed by atoms with Crippen molar-refractivity contribution >= 4 is 17.9 Å². The van der Waals surface area contributed by atoms with E-state index in [0.717, 1.165) is 0 Å². The number of benzene rings is 3. The van der Waals surface area contributed by atoms with Crippen molar-refractivity contribution in [3.63, 3.8) is 0 Å². The van der Waals surface area contributed by atoms with E-state index in [2.05, 4.69) is 28.1 Å². The molecule has 4 rings (SSSR count). The third-order valence-electron chi connectivity index (χ3n) is 8.86. The fourth-order valence-electron chi connectivity index (χ4n) is 5.38. The van der Waals surface area contributed by atoms with Gasteiger partial charge in [0.1, 0.15) is 34.5 Å². The average Bonchev–Trinajstić information content (AvgIpc) is 3.21. The highest BCUT2D eigenvalue weighted by Gasteiger charge is 2.23. The van der Waals surface area contributed by atoms with Crippen LogP contribution in [0.3, 0.4) is 0 Å². The molecule has 0 saturated carbocycles. The number of nitrogens with zero attached hydrogens (tertiary/aromatic N) is 3. The lowest BCUT2D eigenvalue weighted by molar-refractivity contribution is -0.143. The van der Waals surface area contributed by atoms with Gasteiger partial charge in [-0.1, -0.05) is 20.1 Å². The van der Waals surface area contributed by atoms with Crippen LogP contribution in [0.5, 0.6) is 34.5 Å². The second kappa shape index (κ2) is 21.2. The van der Waals surface area contributed by atoms with Crippen LogP contribution in [0.25, 0.3) is 34.2 Å². The van der Waals surface area contributed by atoms with E-state index in [4.69, 9.17) is 28.4 Å². The van der Waals surface area contributed by atoms with Gasteiger partial charge in [0, 0.05) is 53.5 Å². The zero-order chi connectivity index (χ0) is 43.2. The van der Waals surface area contributed by atoms with Crippen molar-refractivity contribution in [2.45, 2.75) is 67.2 Å². The first-order chi connectivity index (χ1) is 28.1. The maximum Gasteiger partial charge on any atom is 0.333 e. The van der Waals surface area contributed by atoms with E-state index in [-0.39, 0.29) is 103 Å². The zero-order valence-electron chi connectivity index (χ0n) is 34.3. The number of aromatic hydroxyl groups is 3. The molecule has 15 nitrogen and oxygen atoms in total. The Bertz CT molecular complexity index is 2090. The normalized spacial score (nSPS) is 10.7. The number of phenols is 3. The van der Waals surface area contributed by atoms with Crippen LogP contribution in [0, 0.1) is 20.8 Å². The van der Waals surface area contributed by atoms with Crippen LogP contribution < -0.4 is 14.2 Å². The summed E-state index contributed by atoms with van der Waals surface area (Å²) < 4.78 is 32.9. The van der Waals surface area contributed by atoms with Gasteiger partial charge in [-0.05, 0) is 71.0 Å². The smallest absolute Gasteiger partial charge is 0.333 e. The molecule has 314 valence electrons. The molecular weight excluding hydrogens is 762 g/mol. The Morgan fingerprint density at radius 2 is 0.831 bits per heavy atom. The second-order valence-corrected chi connectivity index (χ2v) is 13.6. The molecule has 0 atom stereocenters. The fraction of sp³-hybridized carbons (Fsp3) is 0.364. The summed E-state index contributed by atoms with van der Waals surface area (Å²) in [6, 6.07) is 9.71. The molecule has 15 heteroatoms. The van der Waals surface area contributed by atoms with Crippen LogP contribution in [-0.4, -0.2) is 87.8 Å². The SMILES string of the molecule is C=C(C)C(=O)OCCCOc1ccc(-c2nc(-c3ccc(OCCCOC(=O)CC)c(C)c3O)nc(-c3ccc(OCCCOC(=O)C(=C)C)c(C)c3O)n2)c(O)c1C. The fourth-order valence-corrected chi connectivity index (χ4v) is 5.38. The molecule has 0 spiro atoms. The molecule has 3 aromatic carbocycles. The van der Waals surface area contributed by atoms with E-state index in [9.17, 15) is 29.7 Å². The van der Waals surface area contributed by atoms with Gasteiger partial charge in [0.25, 0.3) is 0 Å². The summed E-state index contributed by atoms with van der Waals surface area (Å²) in [6.07, 6.45) is 1.53. The lowest BCUT2D eigenvalue weighted by atomic mass is 10.1. The predicted octanol–water partition coefficient (Wildman–Crippen LogP) is 7.41. The van der Waals surface area contributed by atoms with Gasteiger partial charge in [-0.2, -0.15) is 0 Å². The molecule has 4 aromatic rings. The summed E-state index contributed by atoms with van der Waals surface area (Å²) in [7, 11) is 0. The molecule has 59 heavy (non-hydrogen) atoms. The Morgan fingerprint density at radius 1 is 0.525 bits per heavy atom. The Balaban J connectivity index is 1.67. The highest BCUT2D eigenvalue weighted by atomic mass is 16.5. The summed E-state index contributed by atoms with van der Waals surface area (Å²) in [5.74, 6) is -0.519. The first-order valence-corrected chi connectivity index (χ1v) is 19.1. The third kappa shape index (κ3) is 11.9. The van der Waals surface area contributed by atoms with Crippen LogP contribution in [0.4, 0.5) is 0 Å². The predicted molar refractivity (Wildman–Crippen MR) is 218 cm³/mol. The van der Waals surface area contributed by atoms with Crippen molar-refractivity contribution < 1.29 is 58.1 Å². The van der Waals surface area contributed by atoms with Crippen LogP contribution in [-0.2, 0) is 28.6 Å². The number of esters is 3. The number of hydrogen-bond acceptors (Lipinski definition) is 15. The molecule has 0 saturated heterocycles. The van der Waals surface area contributed by atoms with E-state index in [0.29, 0.717) is 64.3 Å². The van der Waals surface area contributed by atoms with Crippen molar-refractivity contribution in [1.82, 2.24) is 15.0 Å². The topological polar surface area (TPSA) is 206 Å². The lowest BCUT2D eigenvalue weighted by Gasteiger charge is -2.16. The molecule has 1 aromatic heterocycles. The second-order valence-electron chi connectivity index (χ2n) is 13.6. The molecule has 0 unspecified atom stereocenters. The number of ether oxygens (including phenoxy) is 6. The molecule has 0 aliphatic heterocycles. The maximum atomic E-state index is 11.7. The Kier molecular flexibility index (Phi) is 16.2. The number of carbonyl (C=O) groups is 3. The summed E-state index contributed by atoms with van der Waals surface area (Å²) in [5.41, 5.74) is 2.45. The summed E-state index contributed by atoms with van der Waals surface area (Å²) in [6.45, 7) is 18.1. The van der Waals surface area contributed by atoms with Gasteiger partial charge in [0.2, 0.25) is 0 Å². The highest BCUT2D eigenvalue weighted by Crippen LogP contribution is 2.41. The lowest BCUT2D eigenvalue weighted by Crippen LogP contribution is -2.09. The number of phenolic OH excluding ortho intramolecular Hbond substituents is 3. The van der Waals surface area contributed by atoms with E-state index in [1.54, 1.807) is 77.9 Å². The minimum absolute atomic E-state index is 0.0320. The minimum atomic E-state index is -0.487. The van der Waals surface area contributed by atoms with Crippen molar-refractivity contribution in [3.8, 4) is 68.7 Å². The molecule has 1 heterocycles. The number of aromatic nitrogens is 3. The van der Waals surface area contributed by atoms with E-state index >= 15 is 0 Å². The quantitative estimate of drug-likeness (QED) is 0.0324. The standard InChI is InChI=1S/C44H51N3O12/c1-9-36(48)57-22-10-19-54-33-16-13-30(37(49)27(33)6)40-45-41(31-14-17-34(28(7)38(31)50)55-20-11-23-58-43(52)25(2)3)47-42(46-40)32-15-18-35(29(8)39(32)51)56-21-12-24-59-44(53)26(4)5/h13-18,49-51H,2,4,9-12,19-24H2,1,3,5-8H3. The summed E-state index contributed by atoms with van der Waals surface area (Å²) in [5, 5.41) is 34.4. The van der Waals surface area contributed by atoms with Gasteiger partial charge in [-0.25, -0.2) is 24.5 Å². The first-order valence-electron chi connectivity index (χ1n) is 19.1. The van der Waals surface area contributed by atoms with Gasteiger partial charge in [-0.3, -0.25) is 4.79 Å². The largest absolute Gasteiger partial charge is 0.507 e. The van der Waals surface area contributed by atoms with Crippen LogP contribution in [0.15, 0.2) is 60.7 Å². The summed E-state index contributed by atoms with van der Waals surface area (Å²) >= 11 is 0. The Labute approximate surface area is 343 Å². The minimum Gasteiger partial charge on any atom is -0.507 e. The Hall–Kier alpha value is -6.64. The van der Waals surface area contributed by atoms with E-state index < -0.39 is 11.9 Å². The first kappa shape index (κ1) is 45.1. The summed E-state index contributed by atoms with van der Waals surface area (Å²) in [4.78, 5) is 48.8. The number of hydrogen-bond donors (Lipinski definition) is 3.